The molecule has 0 bridgehead atoms. The molecule has 6 nitrogen and oxygen atoms in total. The van der Waals surface area contributed by atoms with Gasteiger partial charge in [0.05, 0.1) is 0 Å². The van der Waals surface area contributed by atoms with Gasteiger partial charge in [-0.25, -0.2) is 0 Å². The summed E-state index contributed by atoms with van der Waals surface area (Å²) in [6.07, 6.45) is 0. The highest BCUT2D eigenvalue weighted by Gasteiger charge is 2.20. The summed E-state index contributed by atoms with van der Waals surface area (Å²) in [7, 11) is 0. The van der Waals surface area contributed by atoms with Crippen LogP contribution in [0.15, 0.2) is 46.9 Å². The molecule has 0 radical (unpaired) electrons. The summed E-state index contributed by atoms with van der Waals surface area (Å²) in [6, 6.07) is 14.0. The zero-order chi connectivity index (χ0) is 19.3. The minimum absolute atomic E-state index is 0.384. The molecule has 0 aliphatic carbocycles. The molecule has 5 rings (SSSR count). The highest BCUT2D eigenvalue weighted by Crippen LogP contribution is 2.32. The normalized spacial score (nSPS) is 11.5. The number of aromatic nitrogens is 4. The van der Waals surface area contributed by atoms with Gasteiger partial charge in [-0.3, -0.25) is 0 Å². The van der Waals surface area contributed by atoms with Crippen molar-refractivity contribution in [2.75, 3.05) is 0 Å². The van der Waals surface area contributed by atoms with E-state index in [0.29, 0.717) is 23.2 Å². The maximum absolute atomic E-state index is 6.02. The molecule has 0 fully saturated rings. The van der Waals surface area contributed by atoms with Crippen LogP contribution in [0.1, 0.15) is 21.7 Å². The van der Waals surface area contributed by atoms with E-state index in [2.05, 4.69) is 35.2 Å². The van der Waals surface area contributed by atoms with Crippen LogP contribution in [0.5, 0.6) is 5.75 Å². The molecule has 5 aromatic rings. The fourth-order valence-electron chi connectivity index (χ4n) is 3.19. The Kier molecular flexibility index (Phi) is 3.91. The predicted octanol–water partition coefficient (Wildman–Crippen LogP) is 5.10. The van der Waals surface area contributed by atoms with Gasteiger partial charge in [-0.15, -0.1) is 10.2 Å². The molecule has 0 unspecified atom stereocenters. The molecule has 0 amide bonds. The van der Waals surface area contributed by atoms with Gasteiger partial charge in [-0.2, -0.15) is 9.61 Å². The molecule has 0 aliphatic heterocycles. The van der Waals surface area contributed by atoms with Gasteiger partial charge >= 0.3 is 0 Å². The molecular weight excluding hydrogens is 372 g/mol. The second-order valence-corrected chi connectivity index (χ2v) is 7.84. The molecule has 28 heavy (non-hydrogen) atoms. The fraction of sp³-hybridized carbons (Fsp3) is 0.190. The van der Waals surface area contributed by atoms with Gasteiger partial charge < -0.3 is 9.15 Å². The third kappa shape index (κ3) is 2.75. The minimum Gasteiger partial charge on any atom is -0.486 e. The van der Waals surface area contributed by atoms with Crippen LogP contribution < -0.4 is 4.74 Å². The second-order valence-electron chi connectivity index (χ2n) is 6.80. The van der Waals surface area contributed by atoms with Gasteiger partial charge in [0, 0.05) is 10.9 Å². The summed E-state index contributed by atoms with van der Waals surface area (Å²) in [5.41, 5.74) is 4.32. The topological polar surface area (TPSA) is 65.5 Å². The van der Waals surface area contributed by atoms with Gasteiger partial charge in [0.1, 0.15) is 17.9 Å². The Hall–Kier alpha value is -3.19. The summed E-state index contributed by atoms with van der Waals surface area (Å²) in [4.78, 5) is 0.716. The molecule has 0 saturated carbocycles. The fourth-order valence-corrected chi connectivity index (χ4v) is 3.94. The lowest BCUT2D eigenvalue weighted by Gasteiger charge is -2.06. The summed E-state index contributed by atoms with van der Waals surface area (Å²) in [6.45, 7) is 6.57. The van der Waals surface area contributed by atoms with E-state index in [0.717, 1.165) is 27.3 Å². The van der Waals surface area contributed by atoms with Crippen LogP contribution in [0.25, 0.3) is 27.5 Å². The Morgan fingerprint density at radius 2 is 1.89 bits per heavy atom. The van der Waals surface area contributed by atoms with Gasteiger partial charge in [0.15, 0.2) is 10.8 Å². The first-order valence-corrected chi connectivity index (χ1v) is 9.81. The van der Waals surface area contributed by atoms with E-state index in [9.17, 15) is 0 Å². The van der Waals surface area contributed by atoms with Crippen molar-refractivity contribution in [3.63, 3.8) is 0 Å². The molecule has 7 heteroatoms. The zero-order valence-corrected chi connectivity index (χ0v) is 16.6. The van der Waals surface area contributed by atoms with Crippen molar-refractivity contribution < 1.29 is 9.15 Å². The summed E-state index contributed by atoms with van der Waals surface area (Å²) in [5, 5.41) is 15.1. The van der Waals surface area contributed by atoms with Gasteiger partial charge in [0.25, 0.3) is 0 Å². The lowest BCUT2D eigenvalue weighted by Crippen LogP contribution is -1.98. The molecule has 0 saturated heterocycles. The number of nitrogens with zero attached hydrogens (tertiary/aromatic N) is 4. The number of ether oxygens (including phenoxy) is 1. The van der Waals surface area contributed by atoms with Crippen molar-refractivity contribution in [3.05, 3.63) is 64.2 Å². The number of furan rings is 1. The van der Waals surface area contributed by atoms with Crippen LogP contribution in [0.4, 0.5) is 0 Å². The Bertz CT molecular complexity index is 1310. The van der Waals surface area contributed by atoms with E-state index in [1.165, 1.54) is 22.5 Å². The van der Waals surface area contributed by atoms with Crippen LogP contribution in [0, 0.1) is 20.8 Å². The lowest BCUT2D eigenvalue weighted by atomic mass is 10.1. The van der Waals surface area contributed by atoms with E-state index in [4.69, 9.17) is 9.15 Å². The van der Waals surface area contributed by atoms with Gasteiger partial charge in [-0.1, -0.05) is 35.6 Å². The number of fused-ring (bicyclic) bond motifs is 2. The van der Waals surface area contributed by atoms with Crippen LogP contribution in [-0.2, 0) is 6.61 Å². The monoisotopic (exact) mass is 390 g/mol. The Morgan fingerprint density at radius 3 is 2.71 bits per heavy atom. The molecule has 0 aliphatic rings. The number of rotatable bonds is 4. The largest absolute Gasteiger partial charge is 0.486 e. The number of hydrogen-bond acceptors (Lipinski definition) is 6. The number of aryl methyl sites for hydroxylation is 3. The average molecular weight is 390 g/mol. The van der Waals surface area contributed by atoms with Crippen molar-refractivity contribution in [2.45, 2.75) is 27.4 Å². The van der Waals surface area contributed by atoms with E-state index >= 15 is 0 Å². The van der Waals surface area contributed by atoms with Crippen molar-refractivity contribution in [1.82, 2.24) is 19.8 Å². The average Bonchev–Trinajstić information content (AvgIpc) is 3.36. The molecule has 140 valence electrons. The first kappa shape index (κ1) is 16.9. The van der Waals surface area contributed by atoms with Crippen LogP contribution in [0.3, 0.4) is 0 Å². The zero-order valence-electron chi connectivity index (χ0n) is 15.8. The van der Waals surface area contributed by atoms with Crippen molar-refractivity contribution in [1.29, 1.82) is 0 Å². The van der Waals surface area contributed by atoms with E-state index in [-0.39, 0.29) is 0 Å². The van der Waals surface area contributed by atoms with Crippen molar-refractivity contribution in [2.24, 2.45) is 0 Å². The summed E-state index contributed by atoms with van der Waals surface area (Å²) >= 11 is 1.46. The second kappa shape index (κ2) is 6.45. The first-order valence-electron chi connectivity index (χ1n) is 9.00. The minimum atomic E-state index is 0.384. The third-order valence-electron chi connectivity index (χ3n) is 4.92. The van der Waals surface area contributed by atoms with Crippen molar-refractivity contribution in [3.8, 4) is 17.3 Å². The summed E-state index contributed by atoms with van der Waals surface area (Å²) < 4.78 is 13.7. The lowest BCUT2D eigenvalue weighted by molar-refractivity contribution is 0.304. The molecule has 0 spiro atoms. The quantitative estimate of drug-likeness (QED) is 0.427. The van der Waals surface area contributed by atoms with E-state index in [1.54, 1.807) is 4.52 Å². The maximum Gasteiger partial charge on any atom is 0.235 e. The number of hydrogen-bond donors (Lipinski definition) is 0. The Morgan fingerprint density at radius 1 is 1.04 bits per heavy atom. The van der Waals surface area contributed by atoms with Crippen molar-refractivity contribution >= 4 is 27.3 Å². The van der Waals surface area contributed by atoms with Crippen LogP contribution in [-0.4, -0.2) is 19.8 Å². The van der Waals surface area contributed by atoms with E-state index < -0.39 is 0 Å². The molecule has 3 aromatic heterocycles. The maximum atomic E-state index is 6.02. The van der Waals surface area contributed by atoms with Crippen LogP contribution >= 0.6 is 11.3 Å². The van der Waals surface area contributed by atoms with Gasteiger partial charge in [0.2, 0.25) is 10.8 Å². The predicted molar refractivity (Wildman–Crippen MR) is 109 cm³/mol. The highest BCUT2D eigenvalue weighted by molar-refractivity contribution is 7.16. The highest BCUT2D eigenvalue weighted by atomic mass is 32.1. The Labute approximate surface area is 165 Å². The summed E-state index contributed by atoms with van der Waals surface area (Å²) in [5.74, 6) is 2.14. The molecule has 3 heterocycles. The molecule has 0 N–H and O–H groups in total. The number of para-hydroxylation sites is 1. The van der Waals surface area contributed by atoms with Gasteiger partial charge in [-0.05, 0) is 50.1 Å². The Balaban J connectivity index is 1.46. The number of benzene rings is 2. The smallest absolute Gasteiger partial charge is 0.235 e. The van der Waals surface area contributed by atoms with E-state index in [1.807, 2.05) is 43.3 Å². The molecule has 2 aromatic carbocycles. The standard InChI is InChI=1S/C21H18N4O2S/c1-12-8-9-15(10-13(12)2)26-11-18-24-25-20(22-23-21(25)28-18)19-14(3)16-6-4-5-7-17(16)27-19/h4-10H,11H2,1-3H3. The first-order chi connectivity index (χ1) is 13.6. The molecule has 0 atom stereocenters. The SMILES string of the molecule is Cc1ccc(OCc2nn3c(-c4oc5ccccc5c4C)nnc3s2)cc1C. The molecular formula is C21H18N4O2S. The third-order valence-corrected chi connectivity index (χ3v) is 5.79. The van der Waals surface area contributed by atoms with Crippen LogP contribution in [0.2, 0.25) is 0 Å².